The average Bonchev–Trinajstić information content (AvgIpc) is 2.28. The van der Waals surface area contributed by atoms with E-state index in [9.17, 15) is 19.1 Å². The Balaban J connectivity index is 2.94. The molecule has 1 rings (SSSR count). The lowest BCUT2D eigenvalue weighted by Gasteiger charge is -2.13. The van der Waals surface area contributed by atoms with Crippen molar-refractivity contribution in [2.75, 3.05) is 0 Å². The van der Waals surface area contributed by atoms with Crippen LogP contribution in [0.4, 0.5) is 4.39 Å². The molecule has 1 atom stereocenters. The van der Waals surface area contributed by atoms with Gasteiger partial charge in [0.05, 0.1) is 0 Å². The van der Waals surface area contributed by atoms with Crippen molar-refractivity contribution in [1.29, 1.82) is 0 Å². The van der Waals surface area contributed by atoms with Gasteiger partial charge in [-0.3, -0.25) is 4.79 Å². The van der Waals surface area contributed by atoms with Gasteiger partial charge in [-0.25, -0.2) is 9.18 Å². The minimum atomic E-state index is -1.26. The lowest BCUT2D eigenvalue weighted by atomic mass is 10.1. The van der Waals surface area contributed by atoms with Gasteiger partial charge in [-0.15, -0.1) is 6.58 Å². The van der Waals surface area contributed by atoms with Gasteiger partial charge in [-0.05, 0) is 18.6 Å². The number of halogens is 1. The number of benzene rings is 1. The summed E-state index contributed by atoms with van der Waals surface area (Å²) >= 11 is 0. The molecule has 0 bridgehead atoms. The van der Waals surface area contributed by atoms with Crippen molar-refractivity contribution in [2.45, 2.75) is 12.5 Å². The molecule has 1 aromatic carbocycles. The van der Waals surface area contributed by atoms with E-state index in [-0.39, 0.29) is 6.42 Å². The predicted octanol–water partition coefficient (Wildman–Crippen LogP) is 1.29. The highest BCUT2D eigenvalue weighted by molar-refractivity contribution is 5.99. The van der Waals surface area contributed by atoms with E-state index in [1.807, 2.05) is 0 Å². The molecule has 0 spiro atoms. The third-order valence-corrected chi connectivity index (χ3v) is 2.22. The number of amides is 1. The lowest BCUT2D eigenvalue weighted by molar-refractivity contribution is -0.139. The third kappa shape index (κ3) is 3.07. The molecule has 0 heterocycles. The van der Waals surface area contributed by atoms with Crippen LogP contribution in [0.1, 0.15) is 16.8 Å². The standard InChI is InChI=1S/C12H12FNO4/c1-2-4-8(12(17)18)14-11(16)10-7(13)5-3-6-9(10)15/h2-3,5-6,8,15H,1,4H2,(H,14,16)(H,17,18). The van der Waals surface area contributed by atoms with Crippen LogP contribution in [0.25, 0.3) is 0 Å². The van der Waals surface area contributed by atoms with Crippen LogP contribution >= 0.6 is 0 Å². The summed E-state index contributed by atoms with van der Waals surface area (Å²) in [6.45, 7) is 3.36. The maximum absolute atomic E-state index is 13.3. The van der Waals surface area contributed by atoms with Gasteiger partial charge in [0.15, 0.2) is 0 Å². The summed E-state index contributed by atoms with van der Waals surface area (Å²) in [6.07, 6.45) is 1.32. The fourth-order valence-electron chi connectivity index (χ4n) is 1.36. The Kier molecular flexibility index (Phi) is 4.42. The van der Waals surface area contributed by atoms with Gasteiger partial charge >= 0.3 is 5.97 Å². The first-order chi connectivity index (χ1) is 8.47. The summed E-state index contributed by atoms with van der Waals surface area (Å²) in [4.78, 5) is 22.5. The first-order valence-corrected chi connectivity index (χ1v) is 5.09. The van der Waals surface area contributed by atoms with E-state index in [0.717, 1.165) is 12.1 Å². The van der Waals surface area contributed by atoms with Crippen LogP contribution in [0.3, 0.4) is 0 Å². The molecule has 18 heavy (non-hydrogen) atoms. The van der Waals surface area contributed by atoms with Crippen LogP contribution in [0.2, 0.25) is 0 Å². The van der Waals surface area contributed by atoms with E-state index >= 15 is 0 Å². The lowest BCUT2D eigenvalue weighted by Crippen LogP contribution is -2.40. The molecule has 0 aliphatic rings. The van der Waals surface area contributed by atoms with Crippen molar-refractivity contribution in [1.82, 2.24) is 5.32 Å². The van der Waals surface area contributed by atoms with E-state index in [0.29, 0.717) is 0 Å². The number of phenolic OH excluding ortho intramolecular Hbond substituents is 1. The minimum absolute atomic E-state index is 0.00368. The Morgan fingerprint density at radius 2 is 2.17 bits per heavy atom. The molecule has 1 unspecified atom stereocenters. The first kappa shape index (κ1) is 13.7. The predicted molar refractivity (Wildman–Crippen MR) is 61.8 cm³/mol. The molecule has 96 valence electrons. The fraction of sp³-hybridized carbons (Fsp3) is 0.167. The molecule has 0 aliphatic heterocycles. The molecule has 0 saturated carbocycles. The molecule has 1 aromatic rings. The minimum Gasteiger partial charge on any atom is -0.507 e. The molecule has 5 nitrogen and oxygen atoms in total. The second-order valence-electron chi connectivity index (χ2n) is 3.52. The zero-order valence-electron chi connectivity index (χ0n) is 9.39. The molecular weight excluding hydrogens is 241 g/mol. The topological polar surface area (TPSA) is 86.6 Å². The SMILES string of the molecule is C=CCC(NC(=O)c1c(O)cccc1F)C(=O)O. The van der Waals surface area contributed by atoms with Gasteiger partial charge < -0.3 is 15.5 Å². The molecule has 1 amide bonds. The number of aromatic hydroxyl groups is 1. The molecular formula is C12H12FNO4. The Morgan fingerprint density at radius 3 is 2.67 bits per heavy atom. The van der Waals surface area contributed by atoms with Crippen LogP contribution in [0.15, 0.2) is 30.9 Å². The molecule has 0 aliphatic carbocycles. The quantitative estimate of drug-likeness (QED) is 0.690. The molecule has 0 saturated heterocycles. The van der Waals surface area contributed by atoms with Gasteiger partial charge in [0.2, 0.25) is 0 Å². The number of hydrogen-bond donors (Lipinski definition) is 3. The molecule has 3 N–H and O–H groups in total. The second kappa shape index (κ2) is 5.81. The van der Waals surface area contributed by atoms with E-state index in [2.05, 4.69) is 11.9 Å². The van der Waals surface area contributed by atoms with E-state index in [1.165, 1.54) is 12.1 Å². The highest BCUT2D eigenvalue weighted by Gasteiger charge is 2.23. The average molecular weight is 253 g/mol. The number of phenols is 1. The number of carbonyl (C=O) groups excluding carboxylic acids is 1. The van der Waals surface area contributed by atoms with Crippen LogP contribution in [0, 0.1) is 5.82 Å². The van der Waals surface area contributed by atoms with Gasteiger partial charge in [0.1, 0.15) is 23.2 Å². The number of nitrogens with one attached hydrogen (secondary N) is 1. The van der Waals surface area contributed by atoms with Gasteiger partial charge in [0, 0.05) is 0 Å². The maximum Gasteiger partial charge on any atom is 0.326 e. The van der Waals surface area contributed by atoms with E-state index in [1.54, 1.807) is 0 Å². The monoisotopic (exact) mass is 253 g/mol. The zero-order valence-corrected chi connectivity index (χ0v) is 9.39. The summed E-state index contributed by atoms with van der Waals surface area (Å²) < 4.78 is 13.3. The number of carbonyl (C=O) groups is 2. The molecule has 0 aromatic heterocycles. The second-order valence-corrected chi connectivity index (χ2v) is 3.52. The zero-order chi connectivity index (χ0) is 13.7. The van der Waals surface area contributed by atoms with Crippen molar-refractivity contribution >= 4 is 11.9 Å². The Labute approximate surface area is 103 Å². The van der Waals surface area contributed by atoms with Crippen molar-refractivity contribution in [3.8, 4) is 5.75 Å². The third-order valence-electron chi connectivity index (χ3n) is 2.22. The summed E-state index contributed by atoms with van der Waals surface area (Å²) in [7, 11) is 0. The van der Waals surface area contributed by atoms with E-state index < -0.39 is 35.0 Å². The Bertz CT molecular complexity index is 467. The normalized spacial score (nSPS) is 11.6. The van der Waals surface area contributed by atoms with Crippen molar-refractivity contribution < 1.29 is 24.2 Å². The molecule has 6 heteroatoms. The summed E-state index contributed by atoms with van der Waals surface area (Å²) in [6, 6.07) is 2.16. The number of hydrogen-bond acceptors (Lipinski definition) is 3. The van der Waals surface area contributed by atoms with Crippen molar-refractivity contribution in [3.05, 3.63) is 42.2 Å². The highest BCUT2D eigenvalue weighted by atomic mass is 19.1. The largest absolute Gasteiger partial charge is 0.507 e. The smallest absolute Gasteiger partial charge is 0.326 e. The number of rotatable bonds is 5. The number of carboxylic acids is 1. The fourth-order valence-corrected chi connectivity index (χ4v) is 1.36. The van der Waals surface area contributed by atoms with Gasteiger partial charge in [0.25, 0.3) is 5.91 Å². The maximum atomic E-state index is 13.3. The van der Waals surface area contributed by atoms with Crippen molar-refractivity contribution in [2.24, 2.45) is 0 Å². The highest BCUT2D eigenvalue weighted by Crippen LogP contribution is 2.19. The molecule has 0 radical (unpaired) electrons. The van der Waals surface area contributed by atoms with Crippen LogP contribution in [0.5, 0.6) is 5.75 Å². The number of aliphatic carboxylic acids is 1. The van der Waals surface area contributed by atoms with Crippen molar-refractivity contribution in [3.63, 3.8) is 0 Å². The van der Waals surface area contributed by atoms with Crippen LogP contribution in [-0.2, 0) is 4.79 Å². The Hall–Kier alpha value is -2.37. The number of carboxylic acid groups (broad SMARTS) is 1. The van der Waals surface area contributed by atoms with Crippen LogP contribution in [-0.4, -0.2) is 28.1 Å². The summed E-state index contributed by atoms with van der Waals surface area (Å²) in [5, 5.41) is 20.3. The first-order valence-electron chi connectivity index (χ1n) is 5.09. The van der Waals surface area contributed by atoms with Crippen LogP contribution < -0.4 is 5.32 Å². The van der Waals surface area contributed by atoms with Gasteiger partial charge in [-0.2, -0.15) is 0 Å². The van der Waals surface area contributed by atoms with Gasteiger partial charge in [-0.1, -0.05) is 12.1 Å². The van der Waals surface area contributed by atoms with E-state index in [4.69, 9.17) is 5.11 Å². The Morgan fingerprint density at radius 1 is 1.50 bits per heavy atom. The summed E-state index contributed by atoms with van der Waals surface area (Å²) in [5.41, 5.74) is -0.576. The summed E-state index contributed by atoms with van der Waals surface area (Å²) in [5.74, 6) is -3.72. The molecule has 0 fully saturated rings.